The van der Waals surface area contributed by atoms with Gasteiger partial charge in [0.1, 0.15) is 5.82 Å². The van der Waals surface area contributed by atoms with Crippen molar-refractivity contribution in [3.8, 4) is 5.69 Å². The van der Waals surface area contributed by atoms with E-state index in [0.29, 0.717) is 6.54 Å². The smallest absolute Gasteiger partial charge is 0.213 e. The molecule has 178 valence electrons. The maximum atomic E-state index is 13.4. The van der Waals surface area contributed by atoms with Gasteiger partial charge < -0.3 is 0 Å². The second-order valence-electron chi connectivity index (χ2n) is 9.60. The number of aromatic nitrogens is 2. The first kappa shape index (κ1) is 24.1. The minimum Gasteiger partial charge on any atom is -0.233 e. The summed E-state index contributed by atoms with van der Waals surface area (Å²) >= 11 is 0. The zero-order chi connectivity index (χ0) is 24.5. The number of sulfonamides is 1. The fourth-order valence-electron chi connectivity index (χ4n) is 4.31. The van der Waals surface area contributed by atoms with E-state index < -0.39 is 20.7 Å². The molecule has 0 spiro atoms. The number of fused-ring (bicyclic) bond motifs is 1. The first-order valence-electron chi connectivity index (χ1n) is 11.4. The van der Waals surface area contributed by atoms with E-state index in [1.165, 1.54) is 12.1 Å². The molecule has 7 heteroatoms. The van der Waals surface area contributed by atoms with Gasteiger partial charge in [0.05, 0.1) is 22.7 Å². The van der Waals surface area contributed by atoms with Crippen LogP contribution in [0.4, 0.5) is 4.39 Å². The summed E-state index contributed by atoms with van der Waals surface area (Å²) in [4.78, 5) is 0. The second kappa shape index (κ2) is 9.31. The van der Waals surface area contributed by atoms with Crippen LogP contribution < -0.4 is 4.72 Å². The van der Waals surface area contributed by atoms with Gasteiger partial charge in [0, 0.05) is 17.8 Å². The zero-order valence-corrected chi connectivity index (χ0v) is 20.7. The lowest BCUT2D eigenvalue weighted by Gasteiger charge is -2.36. The van der Waals surface area contributed by atoms with Crippen molar-refractivity contribution < 1.29 is 12.8 Å². The number of hydrogen-bond donors (Lipinski definition) is 1. The van der Waals surface area contributed by atoms with Crippen molar-refractivity contribution in [3.63, 3.8) is 0 Å². The molecule has 0 unspecified atom stereocenters. The average Bonchev–Trinajstić information content (AvgIpc) is 3.22. The van der Waals surface area contributed by atoms with Crippen molar-refractivity contribution in [3.05, 3.63) is 95.9 Å². The van der Waals surface area contributed by atoms with Crippen LogP contribution in [-0.4, -0.2) is 30.0 Å². The molecule has 0 aliphatic carbocycles. The third kappa shape index (κ3) is 4.91. The highest BCUT2D eigenvalue weighted by Gasteiger charge is 2.34. The standard InChI is InChI=1S/C27H30FN3O2S/c1-19(2)34(32,33)30-18-27(3,4)26(20-8-6-5-7-9-20)21-10-15-25-22(16-21)17-29-31(25)24-13-11-23(28)12-14-24/h5-17,19,26,30H,18H2,1-4H3/t26-/m0/s1. The van der Waals surface area contributed by atoms with E-state index in [-0.39, 0.29) is 11.7 Å². The van der Waals surface area contributed by atoms with Crippen molar-refractivity contribution in [1.29, 1.82) is 0 Å². The van der Waals surface area contributed by atoms with Crippen LogP contribution in [0.1, 0.15) is 44.7 Å². The summed E-state index contributed by atoms with van der Waals surface area (Å²) in [6, 6.07) is 22.6. The first-order valence-corrected chi connectivity index (χ1v) is 12.9. The molecular formula is C27H30FN3O2S. The Morgan fingerprint density at radius 2 is 1.65 bits per heavy atom. The average molecular weight is 480 g/mol. The lowest BCUT2D eigenvalue weighted by atomic mass is 9.71. The molecule has 1 atom stereocenters. The number of nitrogens with one attached hydrogen (secondary N) is 1. The lowest BCUT2D eigenvalue weighted by Crippen LogP contribution is -2.40. The summed E-state index contributed by atoms with van der Waals surface area (Å²) in [5.41, 5.74) is 3.48. The van der Waals surface area contributed by atoms with Crippen molar-refractivity contribution >= 4 is 20.9 Å². The van der Waals surface area contributed by atoms with Crippen LogP contribution in [0.3, 0.4) is 0 Å². The summed E-state index contributed by atoms with van der Waals surface area (Å²) in [5, 5.41) is 4.99. The van der Waals surface area contributed by atoms with Crippen LogP contribution in [-0.2, 0) is 10.0 Å². The molecule has 0 amide bonds. The highest BCUT2D eigenvalue weighted by Crippen LogP contribution is 2.41. The van der Waals surface area contributed by atoms with Crippen LogP contribution in [0.2, 0.25) is 0 Å². The zero-order valence-electron chi connectivity index (χ0n) is 19.9. The number of rotatable bonds is 8. The minimum atomic E-state index is -3.38. The van der Waals surface area contributed by atoms with Gasteiger partial charge in [0.2, 0.25) is 10.0 Å². The fourth-order valence-corrected chi connectivity index (χ4v) is 5.22. The predicted molar refractivity (Wildman–Crippen MR) is 135 cm³/mol. The Labute approximate surface area is 200 Å². The molecule has 1 heterocycles. The number of hydrogen-bond acceptors (Lipinski definition) is 3. The molecule has 34 heavy (non-hydrogen) atoms. The topological polar surface area (TPSA) is 64.0 Å². The van der Waals surface area contributed by atoms with Crippen molar-refractivity contribution in [1.82, 2.24) is 14.5 Å². The lowest BCUT2D eigenvalue weighted by molar-refractivity contribution is 0.317. The largest absolute Gasteiger partial charge is 0.233 e. The van der Waals surface area contributed by atoms with Crippen LogP contribution in [0.5, 0.6) is 0 Å². The molecule has 1 N–H and O–H groups in total. The van der Waals surface area contributed by atoms with Crippen LogP contribution in [0.25, 0.3) is 16.6 Å². The van der Waals surface area contributed by atoms with Crippen LogP contribution in [0, 0.1) is 11.2 Å². The Morgan fingerprint density at radius 3 is 2.29 bits per heavy atom. The van der Waals surface area contributed by atoms with E-state index in [9.17, 15) is 12.8 Å². The van der Waals surface area contributed by atoms with Gasteiger partial charge in [-0.25, -0.2) is 22.2 Å². The molecule has 0 saturated heterocycles. The summed E-state index contributed by atoms with van der Waals surface area (Å²) < 4.78 is 42.9. The van der Waals surface area contributed by atoms with Crippen molar-refractivity contribution in [2.75, 3.05) is 6.54 Å². The summed E-state index contributed by atoms with van der Waals surface area (Å²) in [6.07, 6.45) is 1.80. The molecule has 3 aromatic carbocycles. The Bertz CT molecular complexity index is 1380. The van der Waals surface area contributed by atoms with Gasteiger partial charge in [-0.3, -0.25) is 0 Å². The summed E-state index contributed by atoms with van der Waals surface area (Å²) in [6.45, 7) is 7.83. The van der Waals surface area contributed by atoms with E-state index in [4.69, 9.17) is 0 Å². The summed E-state index contributed by atoms with van der Waals surface area (Å²) in [5.74, 6) is -0.342. The number of benzene rings is 3. The van der Waals surface area contributed by atoms with E-state index >= 15 is 0 Å². The molecular weight excluding hydrogens is 449 g/mol. The van der Waals surface area contributed by atoms with Crippen LogP contribution in [0.15, 0.2) is 79.0 Å². The van der Waals surface area contributed by atoms with Crippen molar-refractivity contribution in [2.45, 2.75) is 38.9 Å². The predicted octanol–water partition coefficient (Wildman–Crippen LogP) is 5.65. The third-order valence-electron chi connectivity index (χ3n) is 6.26. The highest BCUT2D eigenvalue weighted by atomic mass is 32.2. The van der Waals surface area contributed by atoms with Gasteiger partial charge in [0.15, 0.2) is 0 Å². The number of nitrogens with zero attached hydrogens (tertiary/aromatic N) is 2. The Kier molecular flexibility index (Phi) is 6.60. The van der Waals surface area contributed by atoms with Crippen molar-refractivity contribution in [2.24, 2.45) is 5.41 Å². The van der Waals surface area contributed by atoms with E-state index in [0.717, 1.165) is 27.7 Å². The Hall–Kier alpha value is -3.03. The third-order valence-corrected chi connectivity index (χ3v) is 8.05. The monoisotopic (exact) mass is 479 g/mol. The fraction of sp³-hybridized carbons (Fsp3) is 0.296. The van der Waals surface area contributed by atoms with E-state index in [2.05, 4.69) is 47.9 Å². The molecule has 0 radical (unpaired) electrons. The quantitative estimate of drug-likeness (QED) is 0.355. The molecule has 0 aliphatic rings. The molecule has 0 bridgehead atoms. The van der Waals surface area contributed by atoms with E-state index in [1.54, 1.807) is 36.9 Å². The van der Waals surface area contributed by atoms with E-state index in [1.807, 2.05) is 24.3 Å². The molecule has 0 fully saturated rings. The molecule has 5 nitrogen and oxygen atoms in total. The Morgan fingerprint density at radius 1 is 0.971 bits per heavy atom. The molecule has 0 saturated carbocycles. The van der Waals surface area contributed by atoms with Gasteiger partial charge in [-0.15, -0.1) is 0 Å². The first-order chi connectivity index (χ1) is 16.1. The Balaban J connectivity index is 1.74. The van der Waals surface area contributed by atoms with Gasteiger partial charge in [0.25, 0.3) is 0 Å². The highest BCUT2D eigenvalue weighted by molar-refractivity contribution is 7.90. The SMILES string of the molecule is CC(C)S(=O)(=O)NCC(C)(C)[C@@H](c1ccccc1)c1ccc2c(cnn2-c2ccc(F)cc2)c1. The van der Waals surface area contributed by atoms with Gasteiger partial charge in [-0.2, -0.15) is 5.10 Å². The van der Waals surface area contributed by atoms with Crippen LogP contribution >= 0.6 is 0 Å². The maximum absolute atomic E-state index is 13.4. The molecule has 4 aromatic rings. The molecule has 4 rings (SSSR count). The van der Waals surface area contributed by atoms with Gasteiger partial charge in [-0.1, -0.05) is 50.2 Å². The van der Waals surface area contributed by atoms with Gasteiger partial charge in [-0.05, 0) is 66.8 Å². The number of halogens is 1. The second-order valence-corrected chi connectivity index (χ2v) is 11.9. The minimum absolute atomic E-state index is 0.0536. The summed E-state index contributed by atoms with van der Waals surface area (Å²) in [7, 11) is -3.38. The van der Waals surface area contributed by atoms with Gasteiger partial charge >= 0.3 is 0 Å². The maximum Gasteiger partial charge on any atom is 0.213 e. The normalized spacial score (nSPS) is 13.5. The molecule has 0 aliphatic heterocycles. The molecule has 1 aromatic heterocycles.